The van der Waals surface area contributed by atoms with Crippen LogP contribution in [0.25, 0.3) is 27.8 Å². The standard InChI is InChI=1S/C42H48N2O4/c1-5-7-9-11-12-14-24-44-34-22-21-29(41(47)48)25-33(34)42(3,4)37(44)27-32-39(45)31(40(32)46)26-36-30-19-15-17-28-18-16-20-35(38(28)30)43(36)23-13-10-8-6-2/h15-22,25-27H,5-14,23-24H2,1-4H3,(H-,45,46,47,48). The summed E-state index contributed by atoms with van der Waals surface area (Å²) in [5.74, 6) is -1.43. The highest BCUT2D eigenvalue weighted by Gasteiger charge is 2.45. The van der Waals surface area contributed by atoms with Crippen molar-refractivity contribution >= 4 is 50.9 Å². The number of carbonyl (C=O) groups is 2. The first-order valence-electron chi connectivity index (χ1n) is 17.9. The first-order chi connectivity index (χ1) is 23.2. The molecule has 48 heavy (non-hydrogen) atoms. The van der Waals surface area contributed by atoms with Crippen molar-refractivity contribution in [1.82, 2.24) is 4.57 Å². The van der Waals surface area contributed by atoms with Crippen LogP contribution >= 0.6 is 0 Å². The fraction of sp³-hybridized carbons (Fsp3) is 0.405. The van der Waals surface area contributed by atoms with Gasteiger partial charge in [0.1, 0.15) is 6.54 Å². The Bertz CT molecular complexity index is 2030. The van der Waals surface area contributed by atoms with Crippen LogP contribution in [0.2, 0.25) is 0 Å². The molecule has 0 saturated heterocycles. The van der Waals surface area contributed by atoms with Crippen LogP contribution in [-0.2, 0) is 16.8 Å². The number of Topliss-reactive ketones (excluding diaryl/α,β-unsaturated/α-hetero) is 1. The number of ketones is 1. The van der Waals surface area contributed by atoms with E-state index in [2.05, 4.69) is 67.2 Å². The minimum atomic E-state index is -0.969. The molecular weight excluding hydrogens is 596 g/mol. The molecule has 250 valence electrons. The second-order valence-electron chi connectivity index (χ2n) is 14.0. The number of nitrogens with zero attached hydrogens (tertiary/aromatic N) is 2. The van der Waals surface area contributed by atoms with Crippen LogP contribution < -0.4 is 10.5 Å². The molecular formula is C42H48N2O4. The highest BCUT2D eigenvalue weighted by molar-refractivity contribution is 6.26. The van der Waals surface area contributed by atoms with Gasteiger partial charge in [-0.3, -0.25) is 4.79 Å². The highest BCUT2D eigenvalue weighted by Crippen LogP contribution is 2.42. The van der Waals surface area contributed by atoms with E-state index in [0.717, 1.165) is 83.8 Å². The molecule has 1 aromatic heterocycles. The van der Waals surface area contributed by atoms with Crippen molar-refractivity contribution in [2.24, 2.45) is 0 Å². The lowest BCUT2D eigenvalue weighted by Crippen LogP contribution is -2.34. The van der Waals surface area contributed by atoms with Gasteiger partial charge in [0.15, 0.2) is 11.5 Å². The maximum Gasteiger partial charge on any atom is 0.335 e. The average molecular weight is 645 g/mol. The zero-order chi connectivity index (χ0) is 34.0. The predicted molar refractivity (Wildman–Crippen MR) is 193 cm³/mol. The van der Waals surface area contributed by atoms with Gasteiger partial charge in [-0.25, -0.2) is 4.79 Å². The molecule has 0 atom stereocenters. The van der Waals surface area contributed by atoms with Crippen LogP contribution in [0, 0.1) is 0 Å². The number of rotatable bonds is 15. The molecule has 0 unspecified atom stereocenters. The van der Waals surface area contributed by atoms with E-state index in [1.165, 1.54) is 37.5 Å². The number of unbranched alkanes of at least 4 members (excludes halogenated alkanes) is 8. The number of aromatic carboxylic acids is 1. The monoisotopic (exact) mass is 644 g/mol. The van der Waals surface area contributed by atoms with Crippen molar-refractivity contribution in [1.29, 1.82) is 0 Å². The van der Waals surface area contributed by atoms with E-state index in [-0.39, 0.29) is 28.3 Å². The molecule has 6 heteroatoms. The van der Waals surface area contributed by atoms with Crippen LogP contribution in [0.4, 0.5) is 5.69 Å². The zero-order valence-electron chi connectivity index (χ0n) is 28.9. The van der Waals surface area contributed by atoms with E-state index >= 15 is 0 Å². The summed E-state index contributed by atoms with van der Waals surface area (Å²) in [6.07, 6.45) is 15.0. The number of benzene rings is 3. The van der Waals surface area contributed by atoms with Crippen LogP contribution in [0.15, 0.2) is 77.6 Å². The first-order valence-corrected chi connectivity index (χ1v) is 17.9. The molecule has 0 bridgehead atoms. The third-order valence-corrected chi connectivity index (χ3v) is 10.4. The summed E-state index contributed by atoms with van der Waals surface area (Å²) < 4.78 is 4.49. The van der Waals surface area contributed by atoms with Gasteiger partial charge < -0.3 is 14.8 Å². The minimum Gasteiger partial charge on any atom is -0.871 e. The molecule has 2 aliphatic rings. The van der Waals surface area contributed by atoms with E-state index in [0.29, 0.717) is 0 Å². The summed E-state index contributed by atoms with van der Waals surface area (Å²) in [6, 6.07) is 17.8. The molecule has 0 radical (unpaired) electrons. The van der Waals surface area contributed by atoms with E-state index in [1.54, 1.807) is 18.2 Å². The molecule has 2 heterocycles. The lowest BCUT2D eigenvalue weighted by Gasteiger charge is -2.29. The van der Waals surface area contributed by atoms with Gasteiger partial charge in [0.2, 0.25) is 5.69 Å². The van der Waals surface area contributed by atoms with Crippen molar-refractivity contribution in [3.8, 4) is 0 Å². The Hall–Kier alpha value is -4.45. The van der Waals surface area contributed by atoms with Crippen molar-refractivity contribution in [3.63, 3.8) is 0 Å². The number of carbonyl (C=O) groups excluding carboxylic acids is 1. The van der Waals surface area contributed by atoms with E-state index in [9.17, 15) is 19.8 Å². The van der Waals surface area contributed by atoms with Gasteiger partial charge in [0.25, 0.3) is 0 Å². The molecule has 0 saturated carbocycles. The third kappa shape index (κ3) is 6.02. The largest absolute Gasteiger partial charge is 0.871 e. The Kier molecular flexibility index (Phi) is 9.73. The molecule has 0 amide bonds. The van der Waals surface area contributed by atoms with Gasteiger partial charge >= 0.3 is 5.97 Å². The van der Waals surface area contributed by atoms with Crippen molar-refractivity contribution in [2.75, 3.05) is 6.54 Å². The lowest BCUT2D eigenvalue weighted by atomic mass is 9.78. The number of carboxylic acid groups (broad SMARTS) is 1. The number of allylic oxidation sites excluding steroid dienone is 3. The lowest BCUT2D eigenvalue weighted by molar-refractivity contribution is -0.438. The van der Waals surface area contributed by atoms with Crippen LogP contribution in [0.1, 0.15) is 108 Å². The summed E-state index contributed by atoms with van der Waals surface area (Å²) in [6.45, 7) is 10.1. The minimum absolute atomic E-state index is 0.201. The van der Waals surface area contributed by atoms with Crippen molar-refractivity contribution < 1.29 is 24.4 Å². The molecule has 6 rings (SSSR count). The van der Waals surface area contributed by atoms with Crippen LogP contribution in [-0.4, -0.2) is 38.3 Å². The van der Waals surface area contributed by atoms with Gasteiger partial charge in [0, 0.05) is 63.5 Å². The third-order valence-electron chi connectivity index (χ3n) is 10.4. The van der Waals surface area contributed by atoms with Gasteiger partial charge in [0.05, 0.1) is 11.0 Å². The predicted octanol–water partition coefficient (Wildman–Crippen LogP) is 8.13. The summed E-state index contributed by atoms with van der Waals surface area (Å²) in [5.41, 5.74) is 3.94. The van der Waals surface area contributed by atoms with Crippen LogP contribution in [0.5, 0.6) is 0 Å². The Morgan fingerprint density at radius 1 is 0.896 bits per heavy atom. The van der Waals surface area contributed by atoms with Crippen molar-refractivity contribution in [3.05, 3.63) is 94.1 Å². The molecule has 0 fully saturated rings. The fourth-order valence-electron chi connectivity index (χ4n) is 7.66. The summed E-state index contributed by atoms with van der Waals surface area (Å²) in [7, 11) is 0. The van der Waals surface area contributed by atoms with E-state index in [1.807, 2.05) is 18.2 Å². The highest BCUT2D eigenvalue weighted by atomic mass is 16.4. The molecule has 3 aromatic carbocycles. The van der Waals surface area contributed by atoms with Gasteiger partial charge in [-0.05, 0) is 56.4 Å². The smallest absolute Gasteiger partial charge is 0.335 e. The van der Waals surface area contributed by atoms with Gasteiger partial charge in [-0.1, -0.05) is 94.9 Å². The zero-order valence-corrected chi connectivity index (χ0v) is 28.9. The topological polar surface area (TPSA) is 85.4 Å². The second-order valence-corrected chi connectivity index (χ2v) is 14.0. The Morgan fingerprint density at radius 3 is 2.29 bits per heavy atom. The summed E-state index contributed by atoms with van der Waals surface area (Å²) in [5, 5.41) is 27.9. The fourth-order valence-corrected chi connectivity index (χ4v) is 7.66. The number of hydrogen-bond donors (Lipinski definition) is 1. The maximum atomic E-state index is 13.9. The Balaban J connectivity index is 1.41. The average Bonchev–Trinajstić information content (AvgIpc) is 3.50. The number of fused-ring (bicyclic) bond motifs is 1. The van der Waals surface area contributed by atoms with Crippen molar-refractivity contribution in [2.45, 2.75) is 104 Å². The van der Waals surface area contributed by atoms with E-state index in [4.69, 9.17) is 0 Å². The van der Waals surface area contributed by atoms with Gasteiger partial charge in [-0.2, -0.15) is 4.58 Å². The summed E-state index contributed by atoms with van der Waals surface area (Å²) in [4.78, 5) is 25.7. The normalized spacial score (nSPS) is 17.0. The molecule has 0 spiro atoms. The molecule has 1 aliphatic carbocycles. The molecule has 1 N–H and O–H groups in total. The van der Waals surface area contributed by atoms with E-state index < -0.39 is 11.4 Å². The molecule has 4 aromatic rings. The van der Waals surface area contributed by atoms with Crippen LogP contribution in [0.3, 0.4) is 0 Å². The quantitative estimate of drug-likeness (QED) is 0.0805. The van der Waals surface area contributed by atoms with Gasteiger partial charge in [-0.15, -0.1) is 0 Å². The first kappa shape index (κ1) is 33.5. The molecule has 1 aliphatic heterocycles. The SMILES string of the molecule is CCCCCCCC[N+]1=C(/C=C2\C(=O)C(/C=c3\c4cccc5cccc(c54)n3CCCCCC)=C2[O-])C(C)(C)c2cc(C(=O)O)ccc21. The number of carboxylic acids is 1. The second kappa shape index (κ2) is 14.0. The summed E-state index contributed by atoms with van der Waals surface area (Å²) >= 11 is 0. The Morgan fingerprint density at radius 2 is 1.58 bits per heavy atom. The number of hydrogen-bond acceptors (Lipinski definition) is 3. The number of aryl methyl sites for hydroxylation is 1. The number of aromatic nitrogens is 1. The molecule has 6 nitrogen and oxygen atoms in total. The maximum absolute atomic E-state index is 13.9. The Labute approximate surface area is 283 Å².